The first-order chi connectivity index (χ1) is 17.9. The fourth-order valence-electron chi connectivity index (χ4n) is 6.01. The van der Waals surface area contributed by atoms with Gasteiger partial charge in [0.1, 0.15) is 12.0 Å². The number of esters is 1. The van der Waals surface area contributed by atoms with Gasteiger partial charge in [-0.2, -0.15) is 0 Å². The number of aliphatic imine (C=N–C) groups is 1. The largest absolute Gasteiger partial charge is 0.493 e. The molecule has 1 saturated carbocycles. The standard InChI is InChI=1S/C30H32ClNO5/c1-17-27(30(34)37-20-8-4-5-9-20)28(21-10-6-7-11-22(21)31)29-23(32-17)14-19(15-24(29)33)18-12-13-25(35-2)26(16-18)36-3/h6-7,10-13,16,19-20,27-28H,4-5,8-9,14-15H2,1-3H3/t19-,27?,28-/m1/s1. The molecule has 3 aliphatic rings. The zero-order valence-electron chi connectivity index (χ0n) is 21.5. The van der Waals surface area contributed by atoms with Gasteiger partial charge in [-0.15, -0.1) is 0 Å². The Morgan fingerprint density at radius 2 is 1.73 bits per heavy atom. The second-order valence-corrected chi connectivity index (χ2v) is 10.5. The summed E-state index contributed by atoms with van der Waals surface area (Å²) in [6, 6.07) is 13.2. The molecule has 5 rings (SSSR count). The molecule has 3 atom stereocenters. The Kier molecular flexibility index (Phi) is 7.38. The fourth-order valence-corrected chi connectivity index (χ4v) is 6.27. The van der Waals surface area contributed by atoms with Crippen LogP contribution in [0.25, 0.3) is 0 Å². The van der Waals surface area contributed by atoms with Crippen LogP contribution in [-0.4, -0.2) is 37.8 Å². The Bertz CT molecular complexity index is 1280. The Hall–Kier alpha value is -3.12. The van der Waals surface area contributed by atoms with E-state index in [0.717, 1.165) is 42.5 Å². The molecule has 0 radical (unpaired) electrons. The summed E-state index contributed by atoms with van der Waals surface area (Å²) in [5.74, 6) is -0.326. The van der Waals surface area contributed by atoms with Gasteiger partial charge in [-0.25, -0.2) is 0 Å². The van der Waals surface area contributed by atoms with E-state index in [4.69, 9.17) is 30.8 Å². The second kappa shape index (κ2) is 10.7. The predicted molar refractivity (Wildman–Crippen MR) is 143 cm³/mol. The minimum absolute atomic E-state index is 0.0131. The van der Waals surface area contributed by atoms with Crippen LogP contribution in [0.2, 0.25) is 5.02 Å². The van der Waals surface area contributed by atoms with Crippen LogP contribution >= 0.6 is 11.6 Å². The average Bonchev–Trinajstić information content (AvgIpc) is 3.40. The lowest BCUT2D eigenvalue weighted by Crippen LogP contribution is -2.39. The highest BCUT2D eigenvalue weighted by molar-refractivity contribution is 6.31. The topological polar surface area (TPSA) is 74.2 Å². The molecule has 2 aromatic carbocycles. The van der Waals surface area contributed by atoms with Gasteiger partial charge in [-0.3, -0.25) is 14.6 Å². The van der Waals surface area contributed by atoms with Crippen molar-refractivity contribution in [2.24, 2.45) is 10.9 Å². The molecule has 1 unspecified atom stereocenters. The minimum Gasteiger partial charge on any atom is -0.493 e. The highest BCUT2D eigenvalue weighted by atomic mass is 35.5. The molecule has 7 heteroatoms. The van der Waals surface area contributed by atoms with Gasteiger partial charge in [0.15, 0.2) is 17.3 Å². The molecule has 1 fully saturated rings. The Labute approximate surface area is 222 Å². The van der Waals surface area contributed by atoms with E-state index >= 15 is 0 Å². The number of rotatable bonds is 6. The Morgan fingerprint density at radius 1 is 1.00 bits per heavy atom. The van der Waals surface area contributed by atoms with E-state index < -0.39 is 11.8 Å². The zero-order valence-corrected chi connectivity index (χ0v) is 22.2. The van der Waals surface area contributed by atoms with Crippen molar-refractivity contribution in [3.8, 4) is 11.5 Å². The van der Waals surface area contributed by atoms with E-state index in [0.29, 0.717) is 40.6 Å². The van der Waals surface area contributed by atoms with Crippen LogP contribution in [0.3, 0.4) is 0 Å². The maximum absolute atomic E-state index is 13.8. The van der Waals surface area contributed by atoms with Gasteiger partial charge >= 0.3 is 5.97 Å². The summed E-state index contributed by atoms with van der Waals surface area (Å²) in [5.41, 5.74) is 3.72. The molecular formula is C30H32ClNO5. The first kappa shape index (κ1) is 25.5. The zero-order chi connectivity index (χ0) is 26.1. The van der Waals surface area contributed by atoms with E-state index in [1.165, 1.54) is 0 Å². The number of hydrogen-bond donors (Lipinski definition) is 0. The van der Waals surface area contributed by atoms with Crippen molar-refractivity contribution in [1.82, 2.24) is 0 Å². The molecule has 194 valence electrons. The number of carbonyl (C=O) groups excluding carboxylic acids is 2. The van der Waals surface area contributed by atoms with Crippen molar-refractivity contribution in [1.29, 1.82) is 0 Å². The quantitative estimate of drug-likeness (QED) is 0.410. The maximum Gasteiger partial charge on any atom is 0.315 e. The van der Waals surface area contributed by atoms with Crippen LogP contribution in [0.5, 0.6) is 11.5 Å². The van der Waals surface area contributed by atoms with Crippen molar-refractivity contribution in [3.63, 3.8) is 0 Å². The van der Waals surface area contributed by atoms with Crippen LogP contribution < -0.4 is 9.47 Å². The number of nitrogens with zero attached hydrogens (tertiary/aromatic N) is 1. The minimum atomic E-state index is -0.680. The van der Waals surface area contributed by atoms with Gasteiger partial charge in [-0.1, -0.05) is 35.9 Å². The number of hydrogen-bond acceptors (Lipinski definition) is 6. The maximum atomic E-state index is 13.8. The van der Waals surface area contributed by atoms with E-state index in [9.17, 15) is 9.59 Å². The lowest BCUT2D eigenvalue weighted by molar-refractivity contribution is -0.151. The van der Waals surface area contributed by atoms with E-state index in [-0.39, 0.29) is 23.8 Å². The third kappa shape index (κ3) is 4.91. The number of ketones is 1. The normalized spacial score (nSPS) is 23.9. The van der Waals surface area contributed by atoms with Crippen LogP contribution in [-0.2, 0) is 14.3 Å². The summed E-state index contributed by atoms with van der Waals surface area (Å²) in [4.78, 5) is 32.2. The average molecular weight is 522 g/mol. The third-order valence-electron chi connectivity index (χ3n) is 7.85. The molecule has 2 aliphatic carbocycles. The molecule has 0 bridgehead atoms. The van der Waals surface area contributed by atoms with Gasteiger partial charge < -0.3 is 14.2 Å². The Balaban J connectivity index is 1.54. The molecule has 0 aromatic heterocycles. The van der Waals surface area contributed by atoms with Crippen LogP contribution in [0.15, 0.2) is 58.7 Å². The van der Waals surface area contributed by atoms with Crippen LogP contribution in [0.4, 0.5) is 0 Å². The summed E-state index contributed by atoms with van der Waals surface area (Å²) in [6.07, 6.45) is 4.72. The molecule has 1 heterocycles. The fraction of sp³-hybridized carbons (Fsp3) is 0.433. The summed E-state index contributed by atoms with van der Waals surface area (Å²) in [7, 11) is 3.20. The van der Waals surface area contributed by atoms with E-state index in [1.807, 2.05) is 43.3 Å². The summed E-state index contributed by atoms with van der Waals surface area (Å²) in [5, 5.41) is 0.530. The molecule has 1 aliphatic heterocycles. The van der Waals surface area contributed by atoms with E-state index in [1.54, 1.807) is 20.3 Å². The van der Waals surface area contributed by atoms with Gasteiger partial charge in [0.05, 0.1) is 14.2 Å². The molecule has 0 amide bonds. The first-order valence-electron chi connectivity index (χ1n) is 12.9. The van der Waals surface area contributed by atoms with Crippen molar-refractivity contribution in [2.75, 3.05) is 14.2 Å². The number of benzene rings is 2. The van der Waals surface area contributed by atoms with E-state index in [2.05, 4.69) is 0 Å². The number of allylic oxidation sites excluding steroid dienone is 2. The monoisotopic (exact) mass is 521 g/mol. The SMILES string of the molecule is COc1ccc([C@H]2CC(=O)C3=C(C2)N=C(C)C(C(=O)OC2CCCC2)[C@H]3c2ccccc2Cl)cc1OC. The molecule has 6 nitrogen and oxygen atoms in total. The highest BCUT2D eigenvalue weighted by Gasteiger charge is 2.46. The second-order valence-electron chi connectivity index (χ2n) is 10.1. The molecule has 0 N–H and O–H groups in total. The van der Waals surface area contributed by atoms with Crippen LogP contribution in [0.1, 0.15) is 68.4 Å². The first-order valence-corrected chi connectivity index (χ1v) is 13.3. The number of ether oxygens (including phenoxy) is 3. The van der Waals surface area contributed by atoms with Crippen molar-refractivity contribution < 1.29 is 23.8 Å². The van der Waals surface area contributed by atoms with Gasteiger partial charge in [0.2, 0.25) is 0 Å². The van der Waals surface area contributed by atoms with Gasteiger partial charge in [0.25, 0.3) is 0 Å². The summed E-state index contributed by atoms with van der Waals surface area (Å²) < 4.78 is 16.8. The molecule has 0 saturated heterocycles. The predicted octanol–water partition coefficient (Wildman–Crippen LogP) is 6.42. The molecule has 37 heavy (non-hydrogen) atoms. The van der Waals surface area contributed by atoms with Crippen molar-refractivity contribution in [2.45, 2.75) is 63.4 Å². The summed E-state index contributed by atoms with van der Waals surface area (Å²) in [6.45, 7) is 1.86. The lowest BCUT2D eigenvalue weighted by atomic mass is 9.69. The van der Waals surface area contributed by atoms with Crippen LogP contribution in [0, 0.1) is 5.92 Å². The van der Waals surface area contributed by atoms with Crippen molar-refractivity contribution >= 4 is 29.1 Å². The number of carbonyl (C=O) groups is 2. The molecule has 0 spiro atoms. The van der Waals surface area contributed by atoms with Crippen molar-refractivity contribution in [3.05, 3.63) is 69.9 Å². The number of Topliss-reactive ketones (excluding diaryl/α,β-unsaturated/α-hetero) is 1. The Morgan fingerprint density at radius 3 is 2.43 bits per heavy atom. The molecule has 2 aromatic rings. The molecular weight excluding hydrogens is 490 g/mol. The smallest absolute Gasteiger partial charge is 0.315 e. The summed E-state index contributed by atoms with van der Waals surface area (Å²) >= 11 is 6.66. The number of halogens is 1. The lowest BCUT2D eigenvalue weighted by Gasteiger charge is -2.37. The third-order valence-corrected chi connectivity index (χ3v) is 8.19. The van der Waals surface area contributed by atoms with Gasteiger partial charge in [-0.05, 0) is 74.3 Å². The highest BCUT2D eigenvalue weighted by Crippen LogP contribution is 2.49. The van der Waals surface area contributed by atoms with Gasteiger partial charge in [0, 0.05) is 34.3 Å². The number of methoxy groups -OCH3 is 2.